The first-order valence-corrected chi connectivity index (χ1v) is 15.7. The molecule has 0 spiro atoms. The van der Waals surface area contributed by atoms with E-state index in [-0.39, 0.29) is 10.5 Å². The second-order valence-corrected chi connectivity index (χ2v) is 13.2. The normalized spacial score (nSPS) is 16.7. The van der Waals surface area contributed by atoms with Crippen LogP contribution in [0.2, 0.25) is 0 Å². The molecule has 0 unspecified atom stereocenters. The topological polar surface area (TPSA) is 119 Å². The first kappa shape index (κ1) is 29.2. The molecule has 0 radical (unpaired) electrons. The van der Waals surface area contributed by atoms with Crippen LogP contribution in [-0.2, 0) is 23.0 Å². The van der Waals surface area contributed by atoms with Gasteiger partial charge >= 0.3 is 6.03 Å². The number of hydrogen-bond donors (Lipinski definition) is 2. The zero-order chi connectivity index (χ0) is 28.2. The average molecular weight is 576 g/mol. The third kappa shape index (κ3) is 6.68. The maximum Gasteiger partial charge on any atom is 0.323 e. The number of nitrogens with one attached hydrogen (secondary N) is 2. The highest BCUT2D eigenvalue weighted by molar-refractivity contribution is 7.89. The number of carbonyl (C=O) groups is 3. The molecule has 212 valence electrons. The van der Waals surface area contributed by atoms with Crippen molar-refractivity contribution in [2.24, 2.45) is 0 Å². The summed E-state index contributed by atoms with van der Waals surface area (Å²) in [6.07, 6.45) is 5.39. The van der Waals surface area contributed by atoms with Gasteiger partial charge < -0.3 is 10.2 Å². The second-order valence-electron chi connectivity index (χ2n) is 10.2. The first-order chi connectivity index (χ1) is 18.6. The van der Waals surface area contributed by atoms with Crippen LogP contribution >= 0.6 is 11.3 Å². The largest absolute Gasteiger partial charge is 0.331 e. The number of imide groups is 1. The fourth-order valence-electron chi connectivity index (χ4n) is 4.95. The number of hydrogen-bond acceptors (Lipinski definition) is 7. The second kappa shape index (κ2) is 12.6. The van der Waals surface area contributed by atoms with Crippen molar-refractivity contribution in [2.75, 3.05) is 45.6 Å². The standard InChI is InChI=1S/C27H37N5O5S2/c1-4-14-31-17-13-21-22(18-31)38-26(23(21)25(34)29-27(35)30(2)3)28-24(33)19-9-11-20(12-10-19)39(36,37)32-15-7-5-6-8-16-32/h9-12H,4-8,13-18H2,1-3H3,(H,28,33)(H,29,34,35). The molecule has 2 aliphatic heterocycles. The fourth-order valence-corrected chi connectivity index (χ4v) is 7.75. The number of thiophene rings is 1. The molecule has 1 saturated heterocycles. The number of benzene rings is 1. The maximum absolute atomic E-state index is 13.2. The van der Waals surface area contributed by atoms with Crippen molar-refractivity contribution >= 4 is 44.2 Å². The summed E-state index contributed by atoms with van der Waals surface area (Å²) in [6.45, 7) is 5.53. The molecule has 10 nitrogen and oxygen atoms in total. The molecule has 0 aliphatic carbocycles. The van der Waals surface area contributed by atoms with Crippen molar-refractivity contribution in [3.63, 3.8) is 0 Å². The van der Waals surface area contributed by atoms with E-state index in [1.807, 2.05) is 0 Å². The van der Waals surface area contributed by atoms with E-state index in [1.54, 1.807) is 14.1 Å². The summed E-state index contributed by atoms with van der Waals surface area (Å²) in [5.41, 5.74) is 1.44. The molecular formula is C27H37N5O5S2. The summed E-state index contributed by atoms with van der Waals surface area (Å²) in [7, 11) is -0.527. The van der Waals surface area contributed by atoms with Crippen LogP contribution in [-0.4, -0.2) is 80.6 Å². The van der Waals surface area contributed by atoms with E-state index in [1.165, 1.54) is 44.8 Å². The van der Waals surface area contributed by atoms with Gasteiger partial charge in [0.15, 0.2) is 0 Å². The smallest absolute Gasteiger partial charge is 0.323 e. The summed E-state index contributed by atoms with van der Waals surface area (Å²) in [4.78, 5) is 43.3. The zero-order valence-corrected chi connectivity index (χ0v) is 24.4. The molecule has 0 bridgehead atoms. The molecule has 39 heavy (non-hydrogen) atoms. The monoisotopic (exact) mass is 575 g/mol. The molecule has 2 aromatic rings. The predicted octanol–water partition coefficient (Wildman–Crippen LogP) is 3.74. The molecule has 0 atom stereocenters. The van der Waals surface area contributed by atoms with Gasteiger partial charge in [0.25, 0.3) is 11.8 Å². The quantitative estimate of drug-likeness (QED) is 0.519. The molecule has 4 rings (SSSR count). The number of anilines is 1. The molecule has 3 heterocycles. The van der Waals surface area contributed by atoms with Gasteiger partial charge in [-0.3, -0.25) is 19.8 Å². The van der Waals surface area contributed by atoms with Gasteiger partial charge in [-0.2, -0.15) is 4.31 Å². The third-order valence-electron chi connectivity index (χ3n) is 7.08. The van der Waals surface area contributed by atoms with E-state index in [0.717, 1.165) is 55.6 Å². The van der Waals surface area contributed by atoms with Gasteiger partial charge in [0.05, 0.1) is 10.5 Å². The summed E-state index contributed by atoms with van der Waals surface area (Å²) in [5, 5.41) is 5.64. The van der Waals surface area contributed by atoms with Crippen LogP contribution in [0.25, 0.3) is 0 Å². The molecule has 0 saturated carbocycles. The minimum Gasteiger partial charge on any atom is -0.331 e. The maximum atomic E-state index is 13.2. The van der Waals surface area contributed by atoms with E-state index < -0.39 is 27.9 Å². The van der Waals surface area contributed by atoms with E-state index in [0.29, 0.717) is 36.6 Å². The highest BCUT2D eigenvalue weighted by Crippen LogP contribution is 2.37. The number of rotatable bonds is 7. The first-order valence-electron chi connectivity index (χ1n) is 13.4. The van der Waals surface area contributed by atoms with Crippen LogP contribution in [0.3, 0.4) is 0 Å². The van der Waals surface area contributed by atoms with Crippen LogP contribution in [0.5, 0.6) is 0 Å². The van der Waals surface area contributed by atoms with Crippen molar-refractivity contribution in [3.8, 4) is 0 Å². The lowest BCUT2D eigenvalue weighted by Crippen LogP contribution is -2.39. The Morgan fingerprint density at radius 2 is 1.64 bits per heavy atom. The van der Waals surface area contributed by atoms with Gasteiger partial charge in [0.2, 0.25) is 10.0 Å². The summed E-state index contributed by atoms with van der Waals surface area (Å²) >= 11 is 1.34. The Bertz CT molecular complexity index is 1310. The zero-order valence-electron chi connectivity index (χ0n) is 22.8. The molecule has 1 aromatic carbocycles. The van der Waals surface area contributed by atoms with Gasteiger partial charge in [-0.05, 0) is 62.1 Å². The Morgan fingerprint density at radius 3 is 2.26 bits per heavy atom. The molecular weight excluding hydrogens is 538 g/mol. The average Bonchev–Trinajstić information content (AvgIpc) is 3.05. The number of nitrogens with zero attached hydrogens (tertiary/aromatic N) is 3. The summed E-state index contributed by atoms with van der Waals surface area (Å²) in [6, 6.07) is 5.36. The Morgan fingerprint density at radius 1 is 0.974 bits per heavy atom. The molecule has 1 fully saturated rings. The third-order valence-corrected chi connectivity index (χ3v) is 10.1. The van der Waals surface area contributed by atoms with Gasteiger partial charge in [0, 0.05) is 50.7 Å². The van der Waals surface area contributed by atoms with E-state index >= 15 is 0 Å². The van der Waals surface area contributed by atoms with Gasteiger partial charge in [-0.25, -0.2) is 13.2 Å². The minimum absolute atomic E-state index is 0.158. The number of urea groups is 1. The summed E-state index contributed by atoms with van der Waals surface area (Å²) in [5.74, 6) is -1.00. The van der Waals surface area contributed by atoms with Crippen LogP contribution in [0.4, 0.5) is 9.80 Å². The van der Waals surface area contributed by atoms with Crippen LogP contribution < -0.4 is 10.6 Å². The molecule has 1 aromatic heterocycles. The van der Waals surface area contributed by atoms with Crippen LogP contribution in [0, 0.1) is 0 Å². The van der Waals surface area contributed by atoms with Crippen LogP contribution in [0.15, 0.2) is 29.2 Å². The van der Waals surface area contributed by atoms with Gasteiger partial charge in [-0.15, -0.1) is 11.3 Å². The van der Waals surface area contributed by atoms with E-state index in [2.05, 4.69) is 22.5 Å². The van der Waals surface area contributed by atoms with Crippen molar-refractivity contribution in [2.45, 2.75) is 56.9 Å². The van der Waals surface area contributed by atoms with Crippen molar-refractivity contribution in [3.05, 3.63) is 45.8 Å². The number of fused-ring (bicyclic) bond motifs is 1. The predicted molar refractivity (Wildman–Crippen MR) is 152 cm³/mol. The van der Waals surface area contributed by atoms with Crippen molar-refractivity contribution < 1.29 is 22.8 Å². The Kier molecular flexibility index (Phi) is 9.42. The fraction of sp³-hybridized carbons (Fsp3) is 0.519. The van der Waals surface area contributed by atoms with E-state index in [4.69, 9.17) is 0 Å². The van der Waals surface area contributed by atoms with Crippen molar-refractivity contribution in [1.82, 2.24) is 19.4 Å². The lowest BCUT2D eigenvalue weighted by atomic mass is 10.0. The van der Waals surface area contributed by atoms with Crippen LogP contribution in [0.1, 0.15) is 70.2 Å². The van der Waals surface area contributed by atoms with E-state index in [9.17, 15) is 22.8 Å². The number of sulfonamides is 1. The number of carbonyl (C=O) groups excluding carboxylic acids is 3. The molecule has 2 N–H and O–H groups in total. The molecule has 12 heteroatoms. The van der Waals surface area contributed by atoms with Gasteiger partial charge in [-0.1, -0.05) is 19.8 Å². The lowest BCUT2D eigenvalue weighted by Gasteiger charge is -2.26. The Hall–Kier alpha value is -2.80. The SMILES string of the molecule is CCCN1CCc2c(sc(NC(=O)c3ccc(S(=O)(=O)N4CCCCCC4)cc3)c2C(=O)NC(=O)N(C)C)C1. The lowest BCUT2D eigenvalue weighted by molar-refractivity contribution is 0.0956. The highest BCUT2D eigenvalue weighted by atomic mass is 32.2. The molecule has 4 amide bonds. The highest BCUT2D eigenvalue weighted by Gasteiger charge is 2.30. The molecule has 2 aliphatic rings. The minimum atomic E-state index is -3.63. The number of amides is 4. The van der Waals surface area contributed by atoms with Gasteiger partial charge in [0.1, 0.15) is 5.00 Å². The Balaban J connectivity index is 1.56. The summed E-state index contributed by atoms with van der Waals surface area (Å²) < 4.78 is 27.7. The van der Waals surface area contributed by atoms with Crippen molar-refractivity contribution in [1.29, 1.82) is 0 Å². The Labute approximate surface area is 234 Å².